The van der Waals surface area contributed by atoms with E-state index < -0.39 is 12.2 Å². The van der Waals surface area contributed by atoms with E-state index >= 15 is 0 Å². The Morgan fingerprint density at radius 1 is 1.47 bits per heavy atom. The van der Waals surface area contributed by atoms with Crippen LogP contribution in [0.4, 0.5) is 5.69 Å². The minimum atomic E-state index is -1.00. The maximum absolute atomic E-state index is 11.1. The van der Waals surface area contributed by atoms with Crippen LogP contribution >= 0.6 is 15.9 Å². The fourth-order valence-corrected chi connectivity index (χ4v) is 1.95. The quantitative estimate of drug-likeness (QED) is 0.722. The molecule has 1 amide bonds. The minimum absolute atomic E-state index is 0.00107. The van der Waals surface area contributed by atoms with Gasteiger partial charge in [-0.25, -0.2) is 0 Å². The average Bonchev–Trinajstić information content (AvgIpc) is 2.36. The Kier molecular flexibility index (Phi) is 3.66. The normalized spacial score (nSPS) is 17.7. The first-order valence-electron chi connectivity index (χ1n) is 5.10. The van der Waals surface area contributed by atoms with E-state index in [-0.39, 0.29) is 17.8 Å². The molecular weight excluding hydrogens is 290 g/mol. The first-order chi connectivity index (χ1) is 8.11. The Labute approximate surface area is 107 Å². The van der Waals surface area contributed by atoms with E-state index in [1.165, 1.54) is 0 Å². The lowest BCUT2D eigenvalue weighted by Gasteiger charge is -2.21. The molecule has 1 aliphatic rings. The molecule has 2 atom stereocenters. The van der Waals surface area contributed by atoms with Gasteiger partial charge >= 0.3 is 0 Å². The van der Waals surface area contributed by atoms with Crippen LogP contribution in [-0.4, -0.2) is 34.2 Å². The number of hydrogen-bond acceptors (Lipinski definition) is 4. The van der Waals surface area contributed by atoms with Crippen LogP contribution in [0.5, 0.6) is 5.75 Å². The molecule has 0 aliphatic carbocycles. The number of hydrogen-bond donors (Lipinski definition) is 3. The fraction of sp³-hybridized carbons (Fsp3) is 0.364. The summed E-state index contributed by atoms with van der Waals surface area (Å²) in [6.07, 6.45) is -1.90. The van der Waals surface area contributed by atoms with E-state index in [2.05, 4.69) is 21.2 Å². The molecule has 2 rings (SSSR count). The van der Waals surface area contributed by atoms with Crippen molar-refractivity contribution in [1.82, 2.24) is 0 Å². The number of benzene rings is 1. The number of alkyl halides is 1. The highest BCUT2D eigenvalue weighted by Gasteiger charge is 2.21. The van der Waals surface area contributed by atoms with E-state index in [4.69, 9.17) is 4.74 Å². The summed E-state index contributed by atoms with van der Waals surface area (Å²) in [5.74, 6) is 0.332. The molecule has 0 radical (unpaired) electrons. The summed E-state index contributed by atoms with van der Waals surface area (Å²) in [7, 11) is 0. The molecule has 0 saturated heterocycles. The van der Waals surface area contributed by atoms with Gasteiger partial charge in [-0.15, -0.1) is 0 Å². The Morgan fingerprint density at radius 2 is 2.24 bits per heavy atom. The van der Waals surface area contributed by atoms with Crippen molar-refractivity contribution >= 4 is 27.5 Å². The van der Waals surface area contributed by atoms with Crippen molar-refractivity contribution in [1.29, 1.82) is 0 Å². The van der Waals surface area contributed by atoms with Crippen LogP contribution in [0.1, 0.15) is 11.7 Å². The molecule has 0 saturated carbocycles. The number of amides is 1. The van der Waals surface area contributed by atoms with Gasteiger partial charge in [0.2, 0.25) is 0 Å². The van der Waals surface area contributed by atoms with Gasteiger partial charge in [0.15, 0.2) is 6.61 Å². The van der Waals surface area contributed by atoms with Gasteiger partial charge in [-0.1, -0.05) is 22.0 Å². The molecule has 17 heavy (non-hydrogen) atoms. The summed E-state index contributed by atoms with van der Waals surface area (Å²) in [5.41, 5.74) is 1.04. The van der Waals surface area contributed by atoms with Crippen LogP contribution < -0.4 is 10.1 Å². The third-order valence-corrected chi connectivity index (χ3v) is 3.16. The standard InChI is InChI=1S/C11H12BrNO4/c12-4-8(14)11(16)6-1-2-9-7(3-6)13-10(15)5-17-9/h1-3,8,11,14,16H,4-5H2,(H,13,15). The molecule has 0 bridgehead atoms. The number of carbonyl (C=O) groups excluding carboxylic acids is 1. The van der Waals surface area contributed by atoms with E-state index in [0.717, 1.165) is 0 Å². The van der Waals surface area contributed by atoms with Gasteiger partial charge in [0.25, 0.3) is 5.91 Å². The highest BCUT2D eigenvalue weighted by molar-refractivity contribution is 9.09. The van der Waals surface area contributed by atoms with E-state index in [9.17, 15) is 15.0 Å². The lowest BCUT2D eigenvalue weighted by Crippen LogP contribution is -2.26. The van der Waals surface area contributed by atoms with E-state index in [0.29, 0.717) is 17.0 Å². The first kappa shape index (κ1) is 12.3. The Bertz CT molecular complexity index is 437. The Morgan fingerprint density at radius 3 is 2.94 bits per heavy atom. The summed E-state index contributed by atoms with van der Waals surface area (Å²) in [5, 5.41) is 22.3. The number of ether oxygens (including phenoxy) is 1. The average molecular weight is 302 g/mol. The summed E-state index contributed by atoms with van der Waals surface area (Å²) in [6.45, 7) is -0.00107. The highest BCUT2D eigenvalue weighted by Crippen LogP contribution is 2.31. The topological polar surface area (TPSA) is 78.8 Å². The summed E-state index contributed by atoms with van der Waals surface area (Å²) >= 11 is 3.09. The third kappa shape index (κ3) is 2.59. The first-order valence-corrected chi connectivity index (χ1v) is 6.22. The second-order valence-corrected chi connectivity index (χ2v) is 4.41. The van der Waals surface area contributed by atoms with Crippen LogP contribution in [-0.2, 0) is 4.79 Å². The number of aliphatic hydroxyl groups is 2. The third-order valence-electron chi connectivity index (χ3n) is 2.50. The smallest absolute Gasteiger partial charge is 0.262 e. The molecule has 3 N–H and O–H groups in total. The number of carbonyl (C=O) groups is 1. The molecule has 1 heterocycles. The van der Waals surface area contributed by atoms with Crippen LogP contribution in [0, 0.1) is 0 Å². The van der Waals surface area contributed by atoms with Gasteiger partial charge in [-0.3, -0.25) is 4.79 Å². The number of nitrogens with one attached hydrogen (secondary N) is 1. The van der Waals surface area contributed by atoms with Crippen molar-refractivity contribution < 1.29 is 19.7 Å². The van der Waals surface area contributed by atoms with Gasteiger partial charge in [-0.2, -0.15) is 0 Å². The Balaban J connectivity index is 2.26. The van der Waals surface area contributed by atoms with Gasteiger partial charge in [-0.05, 0) is 17.7 Å². The van der Waals surface area contributed by atoms with Crippen molar-refractivity contribution in [3.63, 3.8) is 0 Å². The number of aliphatic hydroxyl groups excluding tert-OH is 2. The molecular formula is C11H12BrNO4. The molecule has 0 fully saturated rings. The molecule has 6 heteroatoms. The van der Waals surface area contributed by atoms with Crippen LogP contribution in [0.15, 0.2) is 18.2 Å². The largest absolute Gasteiger partial charge is 0.482 e. The lowest BCUT2D eigenvalue weighted by atomic mass is 10.0. The second kappa shape index (κ2) is 5.03. The molecule has 5 nitrogen and oxygen atoms in total. The molecule has 1 aliphatic heterocycles. The Hall–Kier alpha value is -1.11. The van der Waals surface area contributed by atoms with Crippen molar-refractivity contribution in [3.8, 4) is 5.75 Å². The number of halogens is 1. The summed E-state index contributed by atoms with van der Waals surface area (Å²) in [4.78, 5) is 11.1. The zero-order valence-corrected chi connectivity index (χ0v) is 10.5. The zero-order chi connectivity index (χ0) is 12.4. The number of fused-ring (bicyclic) bond motifs is 1. The van der Waals surface area contributed by atoms with Gasteiger partial charge in [0.05, 0.1) is 11.8 Å². The minimum Gasteiger partial charge on any atom is -0.482 e. The number of anilines is 1. The van der Waals surface area contributed by atoms with Crippen molar-refractivity contribution in [2.75, 3.05) is 17.3 Å². The predicted molar refractivity (Wildman–Crippen MR) is 65.3 cm³/mol. The summed E-state index contributed by atoms with van der Waals surface area (Å²) in [6, 6.07) is 4.92. The van der Waals surface area contributed by atoms with Crippen molar-refractivity contribution in [2.24, 2.45) is 0 Å². The van der Waals surface area contributed by atoms with Gasteiger partial charge in [0.1, 0.15) is 11.9 Å². The van der Waals surface area contributed by atoms with Crippen LogP contribution in [0.25, 0.3) is 0 Å². The number of rotatable bonds is 3. The molecule has 0 aromatic heterocycles. The monoisotopic (exact) mass is 301 g/mol. The molecule has 2 unspecified atom stereocenters. The van der Waals surface area contributed by atoms with Crippen molar-refractivity contribution in [2.45, 2.75) is 12.2 Å². The predicted octanol–water partition coefficient (Wildman–Crippen LogP) is 0.807. The maximum Gasteiger partial charge on any atom is 0.262 e. The fourth-order valence-electron chi connectivity index (χ4n) is 1.59. The molecule has 1 aromatic rings. The van der Waals surface area contributed by atoms with Gasteiger partial charge < -0.3 is 20.3 Å². The molecule has 92 valence electrons. The molecule has 1 aromatic carbocycles. The van der Waals surface area contributed by atoms with Crippen LogP contribution in [0.2, 0.25) is 0 Å². The van der Waals surface area contributed by atoms with Crippen molar-refractivity contribution in [3.05, 3.63) is 23.8 Å². The van der Waals surface area contributed by atoms with E-state index in [1.807, 2.05) is 0 Å². The lowest BCUT2D eigenvalue weighted by molar-refractivity contribution is -0.118. The summed E-state index contributed by atoms with van der Waals surface area (Å²) < 4.78 is 5.19. The molecule has 0 spiro atoms. The SMILES string of the molecule is O=C1COc2ccc(C(O)C(O)CBr)cc2N1. The highest BCUT2D eigenvalue weighted by atomic mass is 79.9. The van der Waals surface area contributed by atoms with E-state index in [1.54, 1.807) is 18.2 Å². The van der Waals surface area contributed by atoms with Crippen LogP contribution in [0.3, 0.4) is 0 Å². The zero-order valence-electron chi connectivity index (χ0n) is 8.89. The second-order valence-electron chi connectivity index (χ2n) is 3.76. The maximum atomic E-state index is 11.1. The van der Waals surface area contributed by atoms with Gasteiger partial charge in [0, 0.05) is 5.33 Å².